The molecule has 3 aliphatic rings. The van der Waals surface area contributed by atoms with E-state index < -0.39 is 18.8 Å². The molecule has 184 valence electrons. The van der Waals surface area contributed by atoms with Gasteiger partial charge in [0, 0.05) is 44.1 Å². The van der Waals surface area contributed by atoms with E-state index in [1.54, 1.807) is 6.20 Å². The zero-order valence-corrected chi connectivity index (χ0v) is 19.1. The molecule has 11 heteroatoms. The number of anilines is 3. The maximum absolute atomic E-state index is 13.3. The smallest absolute Gasteiger partial charge is 0.412 e. The molecule has 0 amide bonds. The van der Waals surface area contributed by atoms with Crippen LogP contribution in [0, 0.1) is 5.92 Å². The Hall–Kier alpha value is -2.98. The third kappa shape index (κ3) is 4.92. The van der Waals surface area contributed by atoms with E-state index in [9.17, 15) is 13.2 Å². The molecule has 0 bridgehead atoms. The second-order valence-corrected chi connectivity index (χ2v) is 9.23. The van der Waals surface area contributed by atoms with Crippen LogP contribution in [-0.2, 0) is 0 Å². The van der Waals surface area contributed by atoms with Crippen LogP contribution < -0.4 is 24.6 Å². The van der Waals surface area contributed by atoms with Gasteiger partial charge < -0.3 is 24.6 Å². The molecule has 1 atom stereocenters. The van der Waals surface area contributed by atoms with Gasteiger partial charge in [0.1, 0.15) is 6.61 Å². The Balaban J connectivity index is 1.17. The van der Waals surface area contributed by atoms with E-state index >= 15 is 0 Å². The van der Waals surface area contributed by atoms with Gasteiger partial charge in [-0.25, -0.2) is 9.97 Å². The first-order valence-electron chi connectivity index (χ1n) is 11.8. The normalized spacial score (nSPS) is 21.5. The topological polar surface area (TPSA) is 75.6 Å². The molecular weight excluding hydrogens is 449 g/mol. The number of halogens is 3. The van der Waals surface area contributed by atoms with Crippen molar-refractivity contribution in [2.75, 3.05) is 48.5 Å². The number of nitrogens with zero attached hydrogens (tertiary/aromatic N) is 5. The monoisotopic (exact) mass is 478 g/mol. The van der Waals surface area contributed by atoms with Gasteiger partial charge >= 0.3 is 6.18 Å². The Morgan fingerprint density at radius 3 is 2.68 bits per heavy atom. The van der Waals surface area contributed by atoms with Crippen molar-refractivity contribution in [3.63, 3.8) is 0 Å². The van der Waals surface area contributed by atoms with Crippen molar-refractivity contribution in [1.29, 1.82) is 0 Å². The van der Waals surface area contributed by atoms with Crippen LogP contribution in [0.1, 0.15) is 32.1 Å². The van der Waals surface area contributed by atoms with Crippen LogP contribution in [0.4, 0.5) is 30.6 Å². The lowest BCUT2D eigenvalue weighted by Gasteiger charge is -2.36. The van der Waals surface area contributed by atoms with Crippen LogP contribution in [0.15, 0.2) is 24.5 Å². The number of nitrogens with one attached hydrogen (secondary N) is 1. The van der Waals surface area contributed by atoms with Crippen molar-refractivity contribution in [2.45, 2.75) is 50.4 Å². The van der Waals surface area contributed by atoms with E-state index in [1.165, 1.54) is 32.5 Å². The second-order valence-electron chi connectivity index (χ2n) is 9.23. The number of rotatable bonds is 6. The summed E-state index contributed by atoms with van der Waals surface area (Å²) in [7, 11) is 1.38. The van der Waals surface area contributed by atoms with Crippen molar-refractivity contribution in [1.82, 2.24) is 15.0 Å². The summed E-state index contributed by atoms with van der Waals surface area (Å²) < 4.78 is 50.9. The maximum atomic E-state index is 13.3. The van der Waals surface area contributed by atoms with E-state index in [1.807, 2.05) is 12.1 Å². The molecule has 34 heavy (non-hydrogen) atoms. The molecule has 1 saturated heterocycles. The molecular formula is C23H29F3N6O2. The fraction of sp³-hybridized carbons (Fsp3) is 0.609. The predicted molar refractivity (Wildman–Crippen MR) is 122 cm³/mol. The van der Waals surface area contributed by atoms with Crippen LogP contribution in [-0.4, -0.2) is 66.6 Å². The zero-order chi connectivity index (χ0) is 23.7. The predicted octanol–water partition coefficient (Wildman–Crippen LogP) is 3.89. The van der Waals surface area contributed by atoms with Gasteiger partial charge in [0.25, 0.3) is 0 Å². The molecule has 2 aromatic rings. The van der Waals surface area contributed by atoms with Gasteiger partial charge in [-0.1, -0.05) is 6.42 Å². The van der Waals surface area contributed by atoms with Crippen molar-refractivity contribution in [2.24, 2.45) is 5.92 Å². The van der Waals surface area contributed by atoms with Crippen LogP contribution in [0.25, 0.3) is 0 Å². The quantitative estimate of drug-likeness (QED) is 0.670. The highest BCUT2D eigenvalue weighted by atomic mass is 19.4. The highest BCUT2D eigenvalue weighted by Gasteiger charge is 2.46. The van der Waals surface area contributed by atoms with Gasteiger partial charge in [0.2, 0.25) is 11.8 Å². The van der Waals surface area contributed by atoms with E-state index in [2.05, 4.69) is 25.2 Å². The summed E-state index contributed by atoms with van der Waals surface area (Å²) in [6, 6.07) is 2.38. The molecule has 0 spiro atoms. The average Bonchev–Trinajstić information content (AvgIpc) is 2.78. The summed E-state index contributed by atoms with van der Waals surface area (Å²) in [6.07, 6.45) is 4.28. The Morgan fingerprint density at radius 2 is 1.97 bits per heavy atom. The molecule has 1 saturated carbocycles. The number of hydrogen-bond acceptors (Lipinski definition) is 8. The zero-order valence-electron chi connectivity index (χ0n) is 19.1. The number of hydrogen-bond donors (Lipinski definition) is 1. The summed E-state index contributed by atoms with van der Waals surface area (Å²) >= 11 is 0. The summed E-state index contributed by atoms with van der Waals surface area (Å²) in [5.74, 6) is 2.04. The van der Waals surface area contributed by atoms with Crippen molar-refractivity contribution in [3.05, 3.63) is 24.5 Å². The first-order chi connectivity index (χ1) is 16.4. The van der Waals surface area contributed by atoms with Gasteiger partial charge in [0.15, 0.2) is 17.6 Å². The summed E-state index contributed by atoms with van der Waals surface area (Å²) in [5.41, 5.74) is 1.08. The molecule has 1 unspecified atom stereocenters. The fourth-order valence-corrected chi connectivity index (χ4v) is 4.53. The number of piperidine rings is 1. The molecule has 4 heterocycles. The third-order valence-electron chi connectivity index (χ3n) is 6.92. The highest BCUT2D eigenvalue weighted by Crippen LogP contribution is 2.37. The molecule has 0 radical (unpaired) electrons. The van der Waals surface area contributed by atoms with E-state index in [0.717, 1.165) is 43.1 Å². The standard InChI is InChI=1S/C23H29F3N6O2/c1-31-19(23(24,25)26)14-33-18-12-28-22(30-21(18)31)29-16-6-9-32(10-7-16)17-5-8-27-20(11-17)34-13-15-3-2-4-15/h5,8,11-12,15-16,19H,2-4,6-7,9-10,13-14H2,1H3,(H,28,29,30). The largest absolute Gasteiger partial charge is 0.486 e. The molecule has 8 nitrogen and oxygen atoms in total. The molecule has 2 aromatic heterocycles. The molecule has 5 rings (SSSR count). The van der Waals surface area contributed by atoms with Crippen molar-refractivity contribution in [3.8, 4) is 11.6 Å². The van der Waals surface area contributed by atoms with Crippen LogP contribution in [0.3, 0.4) is 0 Å². The fourth-order valence-electron chi connectivity index (χ4n) is 4.53. The van der Waals surface area contributed by atoms with Crippen LogP contribution >= 0.6 is 0 Å². The van der Waals surface area contributed by atoms with E-state index in [4.69, 9.17) is 9.47 Å². The Morgan fingerprint density at radius 1 is 1.18 bits per heavy atom. The first kappa shape index (κ1) is 22.8. The molecule has 2 fully saturated rings. The molecule has 0 aromatic carbocycles. The maximum Gasteiger partial charge on any atom is 0.412 e. The Kier molecular flexibility index (Phi) is 6.26. The Bertz CT molecular complexity index is 995. The Labute approximate surface area is 196 Å². The molecule has 1 N–H and O–H groups in total. The van der Waals surface area contributed by atoms with Crippen LogP contribution in [0.2, 0.25) is 0 Å². The van der Waals surface area contributed by atoms with Crippen LogP contribution in [0.5, 0.6) is 11.6 Å². The number of pyridine rings is 1. The second kappa shape index (κ2) is 9.34. The van der Waals surface area contributed by atoms with Gasteiger partial charge in [-0.2, -0.15) is 18.2 Å². The first-order valence-corrected chi connectivity index (χ1v) is 11.8. The SMILES string of the molecule is CN1c2nc(NC3CCN(c4ccnc(OCC5CCC5)c4)CC3)ncc2OCC1C(F)(F)F. The number of alkyl halides is 3. The van der Waals surface area contributed by atoms with E-state index in [-0.39, 0.29) is 17.6 Å². The minimum Gasteiger partial charge on any atom is -0.486 e. The lowest BCUT2D eigenvalue weighted by Crippen LogP contribution is -2.50. The lowest BCUT2D eigenvalue weighted by molar-refractivity contribution is -0.155. The van der Waals surface area contributed by atoms with Crippen molar-refractivity contribution < 1.29 is 22.6 Å². The number of likely N-dealkylation sites (N-methyl/N-ethyl adjacent to an activating group) is 1. The molecule has 1 aliphatic carbocycles. The number of ether oxygens (including phenoxy) is 2. The average molecular weight is 479 g/mol. The van der Waals surface area contributed by atoms with Gasteiger partial charge in [0.05, 0.1) is 12.8 Å². The minimum absolute atomic E-state index is 0.124. The van der Waals surface area contributed by atoms with Crippen molar-refractivity contribution >= 4 is 17.5 Å². The summed E-state index contributed by atoms with van der Waals surface area (Å²) in [5, 5.41) is 3.28. The highest BCUT2D eigenvalue weighted by molar-refractivity contribution is 5.56. The van der Waals surface area contributed by atoms with Gasteiger partial charge in [-0.05, 0) is 37.7 Å². The van der Waals surface area contributed by atoms with Gasteiger partial charge in [-0.3, -0.25) is 0 Å². The van der Waals surface area contributed by atoms with Gasteiger partial charge in [-0.15, -0.1) is 0 Å². The summed E-state index contributed by atoms with van der Waals surface area (Å²) in [4.78, 5) is 16.3. The number of aromatic nitrogens is 3. The summed E-state index contributed by atoms with van der Waals surface area (Å²) in [6.45, 7) is 1.92. The molecule has 2 aliphatic heterocycles. The third-order valence-corrected chi connectivity index (χ3v) is 6.92. The minimum atomic E-state index is -4.40. The lowest BCUT2D eigenvalue weighted by atomic mass is 9.86. The van der Waals surface area contributed by atoms with E-state index in [0.29, 0.717) is 17.7 Å². The number of fused-ring (bicyclic) bond motifs is 1.